The Balaban J connectivity index is 1.61. The normalized spacial score (nSPS) is 14.5. The summed E-state index contributed by atoms with van der Waals surface area (Å²) in [5.41, 5.74) is 2.30. The molecule has 0 bridgehead atoms. The van der Waals surface area contributed by atoms with Gasteiger partial charge in [-0.3, -0.25) is 9.78 Å². The molecule has 1 amide bonds. The Kier molecular flexibility index (Phi) is 5.89. The predicted octanol–water partition coefficient (Wildman–Crippen LogP) is 4.25. The van der Waals surface area contributed by atoms with Crippen molar-refractivity contribution in [2.24, 2.45) is 0 Å². The van der Waals surface area contributed by atoms with Crippen LogP contribution in [0.1, 0.15) is 48.2 Å². The molecular weight excluding hydrogens is 364 g/mol. The molecule has 29 heavy (non-hydrogen) atoms. The third-order valence-electron chi connectivity index (χ3n) is 5.50. The Morgan fingerprint density at radius 1 is 1.14 bits per heavy atom. The van der Waals surface area contributed by atoms with Crippen molar-refractivity contribution in [1.82, 2.24) is 19.7 Å². The molecule has 0 saturated heterocycles. The number of benzene rings is 1. The van der Waals surface area contributed by atoms with Crippen LogP contribution in [-0.4, -0.2) is 38.7 Å². The van der Waals surface area contributed by atoms with Crippen LogP contribution in [0.15, 0.2) is 61.1 Å². The second kappa shape index (κ2) is 8.90. The van der Waals surface area contributed by atoms with Crippen LogP contribution in [0.3, 0.4) is 0 Å². The van der Waals surface area contributed by atoms with Gasteiger partial charge in [0.2, 0.25) is 0 Å². The van der Waals surface area contributed by atoms with Crippen LogP contribution < -0.4 is 4.74 Å². The highest BCUT2D eigenvalue weighted by Crippen LogP contribution is 2.26. The van der Waals surface area contributed by atoms with E-state index < -0.39 is 0 Å². The molecule has 2 aromatic heterocycles. The minimum Gasteiger partial charge on any atom is -0.494 e. The standard InChI is InChI=1S/C23H26N4O2/c1-29-22-13-6-5-12-21(22)27-16-18(15-25-27)23(28)26(20-10-3-2-4-11-20)17-19-9-7-8-14-24-19/h5-9,12-16,20H,2-4,10-11,17H2,1H3. The number of carbonyl (C=O) groups is 1. The molecule has 0 atom stereocenters. The van der Waals surface area contributed by atoms with Gasteiger partial charge in [-0.1, -0.05) is 37.5 Å². The first-order valence-electron chi connectivity index (χ1n) is 10.1. The number of rotatable bonds is 6. The summed E-state index contributed by atoms with van der Waals surface area (Å²) >= 11 is 0. The fourth-order valence-electron chi connectivity index (χ4n) is 3.98. The molecule has 150 valence electrons. The minimum absolute atomic E-state index is 0.00343. The average molecular weight is 390 g/mol. The Labute approximate surface area is 171 Å². The van der Waals surface area contributed by atoms with Gasteiger partial charge in [0.25, 0.3) is 5.91 Å². The van der Waals surface area contributed by atoms with E-state index in [1.165, 1.54) is 6.42 Å². The van der Waals surface area contributed by atoms with Gasteiger partial charge in [0.05, 0.1) is 31.1 Å². The highest BCUT2D eigenvalue weighted by atomic mass is 16.5. The summed E-state index contributed by atoms with van der Waals surface area (Å²) in [6.07, 6.45) is 10.9. The second-order valence-electron chi connectivity index (χ2n) is 7.39. The summed E-state index contributed by atoms with van der Waals surface area (Å²) in [6, 6.07) is 13.7. The molecule has 2 heterocycles. The van der Waals surface area contributed by atoms with E-state index in [4.69, 9.17) is 4.74 Å². The monoisotopic (exact) mass is 390 g/mol. The Morgan fingerprint density at radius 2 is 1.93 bits per heavy atom. The van der Waals surface area contributed by atoms with Gasteiger partial charge in [-0.15, -0.1) is 0 Å². The maximum Gasteiger partial charge on any atom is 0.257 e. The van der Waals surface area contributed by atoms with Crippen molar-refractivity contribution in [3.63, 3.8) is 0 Å². The van der Waals surface area contributed by atoms with E-state index in [-0.39, 0.29) is 11.9 Å². The molecule has 1 fully saturated rings. The molecule has 4 rings (SSSR count). The van der Waals surface area contributed by atoms with E-state index in [9.17, 15) is 4.79 Å². The summed E-state index contributed by atoms with van der Waals surface area (Å²) in [6.45, 7) is 0.518. The fourth-order valence-corrected chi connectivity index (χ4v) is 3.98. The summed E-state index contributed by atoms with van der Waals surface area (Å²) < 4.78 is 7.13. The number of pyridine rings is 1. The number of hydrogen-bond donors (Lipinski definition) is 0. The first kappa shape index (κ1) is 19.2. The lowest BCUT2D eigenvalue weighted by Crippen LogP contribution is -2.41. The number of nitrogens with zero attached hydrogens (tertiary/aromatic N) is 4. The smallest absolute Gasteiger partial charge is 0.257 e. The van der Waals surface area contributed by atoms with Gasteiger partial charge in [0, 0.05) is 18.4 Å². The minimum atomic E-state index is 0.00343. The molecule has 3 aromatic rings. The summed E-state index contributed by atoms with van der Waals surface area (Å²) in [5.74, 6) is 0.718. The lowest BCUT2D eigenvalue weighted by atomic mass is 9.93. The Bertz CT molecular complexity index is 948. The van der Waals surface area contributed by atoms with E-state index in [0.717, 1.165) is 37.1 Å². The van der Waals surface area contributed by atoms with Gasteiger partial charge in [-0.05, 0) is 37.1 Å². The molecular formula is C23H26N4O2. The van der Waals surface area contributed by atoms with Crippen LogP contribution in [0, 0.1) is 0 Å². The molecule has 0 radical (unpaired) electrons. The summed E-state index contributed by atoms with van der Waals surface area (Å²) in [7, 11) is 1.63. The molecule has 1 aliphatic rings. The number of methoxy groups -OCH3 is 1. The van der Waals surface area contributed by atoms with Gasteiger partial charge < -0.3 is 9.64 Å². The van der Waals surface area contributed by atoms with Gasteiger partial charge in [-0.2, -0.15) is 5.10 Å². The molecule has 1 saturated carbocycles. The average Bonchev–Trinajstić information content (AvgIpc) is 3.28. The quantitative estimate of drug-likeness (QED) is 0.631. The third kappa shape index (κ3) is 4.31. The van der Waals surface area contributed by atoms with Gasteiger partial charge in [0.15, 0.2) is 0 Å². The second-order valence-corrected chi connectivity index (χ2v) is 7.39. The van der Waals surface area contributed by atoms with Gasteiger partial charge in [-0.25, -0.2) is 4.68 Å². The van der Waals surface area contributed by atoms with E-state index >= 15 is 0 Å². The topological polar surface area (TPSA) is 60.2 Å². The van der Waals surface area contributed by atoms with Crippen molar-refractivity contribution in [2.45, 2.75) is 44.7 Å². The van der Waals surface area contributed by atoms with E-state index in [1.54, 1.807) is 30.4 Å². The molecule has 0 unspecified atom stereocenters. The number of hydrogen-bond acceptors (Lipinski definition) is 4. The molecule has 1 aromatic carbocycles. The number of carbonyl (C=O) groups excluding carboxylic acids is 1. The van der Waals surface area contributed by atoms with E-state index in [0.29, 0.717) is 17.9 Å². The highest BCUT2D eigenvalue weighted by molar-refractivity contribution is 5.94. The van der Waals surface area contributed by atoms with E-state index in [2.05, 4.69) is 10.1 Å². The van der Waals surface area contributed by atoms with E-state index in [1.807, 2.05) is 47.4 Å². The molecule has 0 aliphatic heterocycles. The molecule has 0 spiro atoms. The summed E-state index contributed by atoms with van der Waals surface area (Å²) in [4.78, 5) is 19.9. The van der Waals surface area contributed by atoms with Crippen LogP contribution in [0.25, 0.3) is 5.69 Å². The van der Waals surface area contributed by atoms with Crippen LogP contribution in [0.5, 0.6) is 5.75 Å². The highest BCUT2D eigenvalue weighted by Gasteiger charge is 2.27. The number of aromatic nitrogens is 3. The summed E-state index contributed by atoms with van der Waals surface area (Å²) in [5, 5.41) is 4.42. The largest absolute Gasteiger partial charge is 0.494 e. The van der Waals surface area contributed by atoms with Crippen LogP contribution in [-0.2, 0) is 6.54 Å². The van der Waals surface area contributed by atoms with Gasteiger partial charge >= 0.3 is 0 Å². The molecule has 1 aliphatic carbocycles. The fraction of sp³-hybridized carbons (Fsp3) is 0.348. The van der Waals surface area contributed by atoms with Crippen molar-refractivity contribution >= 4 is 5.91 Å². The number of amides is 1. The first-order chi connectivity index (χ1) is 14.3. The van der Waals surface area contributed by atoms with Crippen molar-refractivity contribution < 1.29 is 9.53 Å². The number of para-hydroxylation sites is 2. The van der Waals surface area contributed by atoms with Crippen LogP contribution in [0.2, 0.25) is 0 Å². The van der Waals surface area contributed by atoms with Gasteiger partial charge in [0.1, 0.15) is 11.4 Å². The van der Waals surface area contributed by atoms with Crippen molar-refractivity contribution in [3.05, 3.63) is 72.3 Å². The zero-order chi connectivity index (χ0) is 20.1. The van der Waals surface area contributed by atoms with Crippen molar-refractivity contribution in [3.8, 4) is 11.4 Å². The lowest BCUT2D eigenvalue weighted by molar-refractivity contribution is 0.0611. The Hall–Kier alpha value is -3.15. The maximum atomic E-state index is 13.5. The lowest BCUT2D eigenvalue weighted by Gasteiger charge is -2.34. The van der Waals surface area contributed by atoms with Crippen LogP contribution >= 0.6 is 0 Å². The van der Waals surface area contributed by atoms with Crippen LogP contribution in [0.4, 0.5) is 0 Å². The third-order valence-corrected chi connectivity index (χ3v) is 5.50. The molecule has 6 nitrogen and oxygen atoms in total. The maximum absolute atomic E-state index is 13.5. The first-order valence-corrected chi connectivity index (χ1v) is 10.1. The zero-order valence-corrected chi connectivity index (χ0v) is 16.7. The van der Waals surface area contributed by atoms with Crippen molar-refractivity contribution in [1.29, 1.82) is 0 Å². The SMILES string of the molecule is COc1ccccc1-n1cc(C(=O)N(Cc2ccccn2)C2CCCCC2)cn1. The molecule has 6 heteroatoms. The van der Waals surface area contributed by atoms with Crippen molar-refractivity contribution in [2.75, 3.05) is 7.11 Å². The Morgan fingerprint density at radius 3 is 2.69 bits per heavy atom. The zero-order valence-electron chi connectivity index (χ0n) is 16.7. The molecule has 0 N–H and O–H groups in total. The predicted molar refractivity (Wildman–Crippen MR) is 111 cm³/mol. The number of ether oxygens (including phenoxy) is 1.